The third kappa shape index (κ3) is 5.87. The summed E-state index contributed by atoms with van der Waals surface area (Å²) >= 11 is 7.45. The molecule has 1 amide bonds. The number of para-hydroxylation sites is 1. The Balaban J connectivity index is 1.35. The Hall–Kier alpha value is -3.55. The standard InChI is InChI=1S/C26H22ClN3O3S/c1-17-15-18(2)30(29-17)21-11-7-19(8-12-21)26(32)33-16-25(31)28-23-5-3-4-6-24(23)34-22-13-9-20(27)10-14-22/h3-15H,16H2,1-2H3,(H,28,31). The SMILES string of the molecule is Cc1cc(C)n(-c2ccc(C(=O)OCC(=O)Nc3ccccc3Sc3ccc(Cl)cc3)cc2)n1. The zero-order chi connectivity index (χ0) is 24.1. The van der Waals surface area contributed by atoms with Gasteiger partial charge in [-0.3, -0.25) is 4.79 Å². The molecule has 0 saturated carbocycles. The zero-order valence-corrected chi connectivity index (χ0v) is 20.2. The number of aromatic nitrogens is 2. The van der Waals surface area contributed by atoms with Crippen molar-refractivity contribution in [2.24, 2.45) is 0 Å². The lowest BCUT2D eigenvalue weighted by molar-refractivity contribution is -0.119. The topological polar surface area (TPSA) is 73.2 Å². The van der Waals surface area contributed by atoms with E-state index in [1.54, 1.807) is 35.0 Å². The summed E-state index contributed by atoms with van der Waals surface area (Å²) in [7, 11) is 0. The minimum Gasteiger partial charge on any atom is -0.452 e. The van der Waals surface area contributed by atoms with Crippen LogP contribution in [0.1, 0.15) is 21.7 Å². The molecule has 0 bridgehead atoms. The van der Waals surface area contributed by atoms with E-state index in [1.165, 1.54) is 11.8 Å². The first-order valence-corrected chi connectivity index (χ1v) is 11.7. The van der Waals surface area contributed by atoms with Gasteiger partial charge >= 0.3 is 5.97 Å². The van der Waals surface area contributed by atoms with Gasteiger partial charge in [0, 0.05) is 20.5 Å². The number of halogens is 1. The summed E-state index contributed by atoms with van der Waals surface area (Å²) in [4.78, 5) is 26.7. The minimum absolute atomic E-state index is 0.358. The van der Waals surface area contributed by atoms with Crippen LogP contribution in [-0.2, 0) is 9.53 Å². The normalized spacial score (nSPS) is 10.7. The molecule has 1 N–H and O–H groups in total. The van der Waals surface area contributed by atoms with Gasteiger partial charge in [0.15, 0.2) is 6.61 Å². The van der Waals surface area contributed by atoms with Crippen LogP contribution >= 0.6 is 23.4 Å². The molecule has 8 heteroatoms. The number of nitrogens with one attached hydrogen (secondary N) is 1. The number of hydrogen-bond acceptors (Lipinski definition) is 5. The number of carbonyl (C=O) groups is 2. The average molecular weight is 492 g/mol. The van der Waals surface area contributed by atoms with E-state index < -0.39 is 18.5 Å². The van der Waals surface area contributed by atoms with E-state index in [0.717, 1.165) is 26.9 Å². The predicted octanol–water partition coefficient (Wildman–Crippen LogP) is 6.09. The number of carbonyl (C=O) groups excluding carboxylic acids is 2. The second kappa shape index (κ2) is 10.6. The van der Waals surface area contributed by atoms with Crippen molar-refractivity contribution in [3.63, 3.8) is 0 Å². The van der Waals surface area contributed by atoms with Crippen LogP contribution in [0.25, 0.3) is 5.69 Å². The second-order valence-electron chi connectivity index (χ2n) is 7.56. The van der Waals surface area contributed by atoms with Gasteiger partial charge in [-0.25, -0.2) is 9.48 Å². The Bertz CT molecular complexity index is 1320. The lowest BCUT2D eigenvalue weighted by Crippen LogP contribution is -2.21. The van der Waals surface area contributed by atoms with Crippen LogP contribution in [-0.4, -0.2) is 28.3 Å². The molecule has 0 spiro atoms. The first-order valence-electron chi connectivity index (χ1n) is 10.5. The molecule has 0 radical (unpaired) electrons. The number of esters is 1. The maximum atomic E-state index is 12.4. The highest BCUT2D eigenvalue weighted by molar-refractivity contribution is 7.99. The first kappa shape index (κ1) is 23.6. The summed E-state index contributed by atoms with van der Waals surface area (Å²) in [5.41, 5.74) is 3.75. The van der Waals surface area contributed by atoms with Crippen LogP contribution in [0.4, 0.5) is 5.69 Å². The van der Waals surface area contributed by atoms with Gasteiger partial charge < -0.3 is 10.1 Å². The van der Waals surface area contributed by atoms with Gasteiger partial charge in [-0.1, -0.05) is 35.5 Å². The van der Waals surface area contributed by atoms with Crippen LogP contribution in [0.2, 0.25) is 5.02 Å². The van der Waals surface area contributed by atoms with Crippen molar-refractivity contribution in [2.45, 2.75) is 23.6 Å². The maximum absolute atomic E-state index is 12.4. The Labute approximate surface area is 206 Å². The van der Waals surface area contributed by atoms with Gasteiger partial charge in [0.05, 0.1) is 22.6 Å². The zero-order valence-electron chi connectivity index (χ0n) is 18.6. The molecule has 4 aromatic rings. The number of aryl methyl sites for hydroxylation is 2. The van der Waals surface area contributed by atoms with Gasteiger partial charge in [-0.05, 0) is 80.6 Å². The monoisotopic (exact) mass is 491 g/mol. The molecule has 1 heterocycles. The van der Waals surface area contributed by atoms with Crippen molar-refractivity contribution < 1.29 is 14.3 Å². The lowest BCUT2D eigenvalue weighted by Gasteiger charge is -2.11. The smallest absolute Gasteiger partial charge is 0.338 e. The number of benzene rings is 3. The van der Waals surface area contributed by atoms with Crippen molar-refractivity contribution in [3.8, 4) is 5.69 Å². The number of hydrogen-bond donors (Lipinski definition) is 1. The number of anilines is 1. The highest BCUT2D eigenvalue weighted by Crippen LogP contribution is 2.33. The van der Waals surface area contributed by atoms with E-state index >= 15 is 0 Å². The summed E-state index contributed by atoms with van der Waals surface area (Å²) in [6, 6.07) is 23.8. The molecule has 4 rings (SSSR count). The van der Waals surface area contributed by atoms with Gasteiger partial charge in [0.25, 0.3) is 5.91 Å². The van der Waals surface area contributed by atoms with Crippen molar-refractivity contribution in [1.82, 2.24) is 9.78 Å². The molecule has 0 saturated heterocycles. The Kier molecular flexibility index (Phi) is 7.35. The molecule has 172 valence electrons. The second-order valence-corrected chi connectivity index (χ2v) is 9.11. The van der Waals surface area contributed by atoms with E-state index in [9.17, 15) is 9.59 Å². The molecule has 0 unspecified atom stereocenters. The third-order valence-corrected chi connectivity index (χ3v) is 6.23. The fraction of sp³-hybridized carbons (Fsp3) is 0.115. The summed E-state index contributed by atoms with van der Waals surface area (Å²) in [5, 5.41) is 7.91. The van der Waals surface area contributed by atoms with Gasteiger partial charge in [0.1, 0.15) is 0 Å². The van der Waals surface area contributed by atoms with E-state index in [0.29, 0.717) is 16.3 Å². The van der Waals surface area contributed by atoms with E-state index in [1.807, 2.05) is 62.4 Å². The van der Waals surface area contributed by atoms with Crippen molar-refractivity contribution in [1.29, 1.82) is 0 Å². The first-order chi connectivity index (χ1) is 16.4. The van der Waals surface area contributed by atoms with Crippen LogP contribution in [0.15, 0.2) is 88.7 Å². The molecule has 34 heavy (non-hydrogen) atoms. The highest BCUT2D eigenvalue weighted by Gasteiger charge is 2.13. The summed E-state index contributed by atoms with van der Waals surface area (Å²) < 4.78 is 7.01. The number of nitrogens with zero attached hydrogens (tertiary/aromatic N) is 2. The van der Waals surface area contributed by atoms with E-state index in [-0.39, 0.29) is 0 Å². The Morgan fingerprint density at radius 2 is 1.71 bits per heavy atom. The summed E-state index contributed by atoms with van der Waals surface area (Å²) in [6.45, 7) is 3.50. The molecule has 0 aliphatic carbocycles. The Morgan fingerprint density at radius 3 is 2.38 bits per heavy atom. The maximum Gasteiger partial charge on any atom is 0.338 e. The molecule has 0 aliphatic rings. The largest absolute Gasteiger partial charge is 0.452 e. The molecular formula is C26H22ClN3O3S. The fourth-order valence-corrected chi connectivity index (χ4v) is 4.35. The molecule has 0 aliphatic heterocycles. The molecule has 0 atom stereocenters. The van der Waals surface area contributed by atoms with Gasteiger partial charge in [-0.15, -0.1) is 0 Å². The quantitative estimate of drug-likeness (QED) is 0.317. The molecular weight excluding hydrogens is 470 g/mol. The number of amides is 1. The molecule has 0 fully saturated rings. The molecule has 6 nitrogen and oxygen atoms in total. The summed E-state index contributed by atoms with van der Waals surface area (Å²) in [6.07, 6.45) is 0. The number of ether oxygens (including phenoxy) is 1. The highest BCUT2D eigenvalue weighted by atomic mass is 35.5. The van der Waals surface area contributed by atoms with Crippen molar-refractivity contribution in [2.75, 3.05) is 11.9 Å². The van der Waals surface area contributed by atoms with Crippen LogP contribution in [0, 0.1) is 13.8 Å². The Morgan fingerprint density at radius 1 is 1.00 bits per heavy atom. The molecule has 1 aromatic heterocycles. The predicted molar refractivity (Wildman–Crippen MR) is 134 cm³/mol. The number of rotatable bonds is 7. The average Bonchev–Trinajstić information content (AvgIpc) is 3.18. The minimum atomic E-state index is -0.570. The van der Waals surface area contributed by atoms with Crippen molar-refractivity contribution >= 4 is 40.9 Å². The van der Waals surface area contributed by atoms with Crippen molar-refractivity contribution in [3.05, 3.63) is 101 Å². The fourth-order valence-electron chi connectivity index (χ4n) is 3.32. The van der Waals surface area contributed by atoms with Gasteiger partial charge in [-0.2, -0.15) is 5.10 Å². The third-order valence-electron chi connectivity index (χ3n) is 4.89. The molecule has 3 aromatic carbocycles. The summed E-state index contributed by atoms with van der Waals surface area (Å²) in [5.74, 6) is -0.990. The van der Waals surface area contributed by atoms with Crippen LogP contribution in [0.3, 0.4) is 0 Å². The van der Waals surface area contributed by atoms with E-state index in [2.05, 4.69) is 10.4 Å². The van der Waals surface area contributed by atoms with Crippen LogP contribution < -0.4 is 5.32 Å². The lowest BCUT2D eigenvalue weighted by atomic mass is 10.2. The van der Waals surface area contributed by atoms with Crippen LogP contribution in [0.5, 0.6) is 0 Å². The van der Waals surface area contributed by atoms with Gasteiger partial charge in [0.2, 0.25) is 0 Å². The van der Waals surface area contributed by atoms with E-state index in [4.69, 9.17) is 16.3 Å².